The van der Waals surface area contributed by atoms with Gasteiger partial charge in [0.15, 0.2) is 0 Å². The Balaban J connectivity index is 2.18. The first-order chi connectivity index (χ1) is 8.24. The van der Waals surface area contributed by atoms with Crippen molar-refractivity contribution < 1.29 is 4.74 Å². The van der Waals surface area contributed by atoms with Gasteiger partial charge in [-0.05, 0) is 37.6 Å². The Labute approximate surface area is 107 Å². The van der Waals surface area contributed by atoms with E-state index in [1.807, 2.05) is 18.2 Å². The Hall–Kier alpha value is -1.24. The number of nitriles is 1. The molecular formula is C13H15ClN2O. The predicted molar refractivity (Wildman–Crippen MR) is 67.0 cm³/mol. The van der Waals surface area contributed by atoms with E-state index in [2.05, 4.69) is 11.0 Å². The van der Waals surface area contributed by atoms with Crippen LogP contribution >= 0.6 is 11.6 Å². The van der Waals surface area contributed by atoms with Gasteiger partial charge in [-0.25, -0.2) is 0 Å². The van der Waals surface area contributed by atoms with E-state index >= 15 is 0 Å². The van der Waals surface area contributed by atoms with Gasteiger partial charge in [-0.2, -0.15) is 5.26 Å². The molecule has 1 aromatic carbocycles. The summed E-state index contributed by atoms with van der Waals surface area (Å²) in [4.78, 5) is 2.17. The number of hydrogen-bond acceptors (Lipinski definition) is 3. The maximum atomic E-state index is 9.05. The zero-order valence-electron chi connectivity index (χ0n) is 9.82. The van der Waals surface area contributed by atoms with Crippen LogP contribution in [0, 0.1) is 11.3 Å². The molecule has 0 radical (unpaired) electrons. The highest BCUT2D eigenvalue weighted by Crippen LogP contribution is 2.27. The number of benzene rings is 1. The lowest BCUT2D eigenvalue weighted by atomic mass is 10.1. The first kappa shape index (κ1) is 12.2. The van der Waals surface area contributed by atoms with Gasteiger partial charge in [-0.3, -0.25) is 4.90 Å². The highest BCUT2D eigenvalue weighted by atomic mass is 35.5. The number of methoxy groups -OCH3 is 1. The number of nitrogens with zero attached hydrogens (tertiary/aromatic N) is 2. The van der Waals surface area contributed by atoms with E-state index in [1.165, 1.54) is 0 Å². The first-order valence-corrected chi connectivity index (χ1v) is 6.08. The lowest BCUT2D eigenvalue weighted by molar-refractivity contribution is 0.280. The van der Waals surface area contributed by atoms with E-state index in [1.54, 1.807) is 7.11 Å². The van der Waals surface area contributed by atoms with E-state index < -0.39 is 0 Å². The SMILES string of the molecule is COc1ccc(Cl)cc1CN1CCCC1C#N. The molecule has 0 aromatic heterocycles. The summed E-state index contributed by atoms with van der Waals surface area (Å²) < 4.78 is 5.31. The monoisotopic (exact) mass is 250 g/mol. The molecule has 3 nitrogen and oxygen atoms in total. The summed E-state index contributed by atoms with van der Waals surface area (Å²) in [5.74, 6) is 0.831. The molecule has 1 unspecified atom stereocenters. The van der Waals surface area contributed by atoms with Gasteiger partial charge < -0.3 is 4.74 Å². The maximum Gasteiger partial charge on any atom is 0.123 e. The Kier molecular flexibility index (Phi) is 3.88. The molecule has 1 aliphatic rings. The maximum absolute atomic E-state index is 9.05. The van der Waals surface area contributed by atoms with Crippen molar-refractivity contribution in [3.05, 3.63) is 28.8 Å². The molecule has 1 heterocycles. The molecule has 0 N–H and O–H groups in total. The van der Waals surface area contributed by atoms with Gasteiger partial charge in [0.05, 0.1) is 19.2 Å². The largest absolute Gasteiger partial charge is 0.496 e. The quantitative estimate of drug-likeness (QED) is 0.828. The molecule has 17 heavy (non-hydrogen) atoms. The van der Waals surface area contributed by atoms with Crippen LogP contribution in [0.25, 0.3) is 0 Å². The molecule has 0 bridgehead atoms. The van der Waals surface area contributed by atoms with Crippen LogP contribution in [0.4, 0.5) is 0 Å². The molecular weight excluding hydrogens is 236 g/mol. The van der Waals surface area contributed by atoms with Gasteiger partial charge >= 0.3 is 0 Å². The third-order valence-electron chi connectivity index (χ3n) is 3.13. The number of rotatable bonds is 3. The van der Waals surface area contributed by atoms with Crippen molar-refractivity contribution in [1.29, 1.82) is 5.26 Å². The zero-order valence-corrected chi connectivity index (χ0v) is 10.6. The fourth-order valence-corrected chi connectivity index (χ4v) is 2.45. The fourth-order valence-electron chi connectivity index (χ4n) is 2.25. The van der Waals surface area contributed by atoms with Crippen molar-refractivity contribution in [2.24, 2.45) is 0 Å². The van der Waals surface area contributed by atoms with Crippen molar-refractivity contribution >= 4 is 11.6 Å². The summed E-state index contributed by atoms with van der Waals surface area (Å²) in [6.07, 6.45) is 2.04. The zero-order chi connectivity index (χ0) is 12.3. The Morgan fingerprint density at radius 3 is 3.12 bits per heavy atom. The van der Waals surface area contributed by atoms with Crippen molar-refractivity contribution in [1.82, 2.24) is 4.90 Å². The number of ether oxygens (including phenoxy) is 1. The van der Waals surface area contributed by atoms with Crippen LogP contribution in [0.5, 0.6) is 5.75 Å². The summed E-state index contributed by atoms with van der Waals surface area (Å²) in [5.41, 5.74) is 1.04. The van der Waals surface area contributed by atoms with Crippen LogP contribution in [0.3, 0.4) is 0 Å². The molecule has 0 amide bonds. The third kappa shape index (κ3) is 2.71. The Bertz CT molecular complexity index is 442. The standard InChI is InChI=1S/C13H15ClN2O/c1-17-13-5-4-11(14)7-10(13)9-16-6-2-3-12(16)8-15/h4-5,7,12H,2-3,6,9H2,1H3. The molecule has 1 atom stereocenters. The van der Waals surface area contributed by atoms with E-state index in [-0.39, 0.29) is 6.04 Å². The summed E-state index contributed by atoms with van der Waals surface area (Å²) in [7, 11) is 1.65. The second-order valence-electron chi connectivity index (χ2n) is 4.21. The van der Waals surface area contributed by atoms with Crippen molar-refractivity contribution in [3.63, 3.8) is 0 Å². The fraction of sp³-hybridized carbons (Fsp3) is 0.462. The van der Waals surface area contributed by atoms with E-state index in [0.717, 1.165) is 37.2 Å². The molecule has 1 aliphatic heterocycles. The molecule has 2 rings (SSSR count). The molecule has 4 heteroatoms. The van der Waals surface area contributed by atoms with Crippen molar-refractivity contribution in [2.45, 2.75) is 25.4 Å². The van der Waals surface area contributed by atoms with Crippen molar-refractivity contribution in [2.75, 3.05) is 13.7 Å². The smallest absolute Gasteiger partial charge is 0.123 e. The normalized spacial score (nSPS) is 20.2. The average Bonchev–Trinajstić information content (AvgIpc) is 2.77. The first-order valence-electron chi connectivity index (χ1n) is 5.70. The summed E-state index contributed by atoms with van der Waals surface area (Å²) in [5, 5.41) is 9.75. The lowest BCUT2D eigenvalue weighted by Gasteiger charge is -2.20. The summed E-state index contributed by atoms with van der Waals surface area (Å²) in [6.45, 7) is 1.69. The number of halogens is 1. The van der Waals surface area contributed by atoms with Gasteiger partial charge in [0.1, 0.15) is 5.75 Å². The highest BCUT2D eigenvalue weighted by molar-refractivity contribution is 6.30. The second kappa shape index (κ2) is 5.39. The minimum Gasteiger partial charge on any atom is -0.496 e. The Morgan fingerprint density at radius 1 is 1.59 bits per heavy atom. The van der Waals surface area contributed by atoms with Gasteiger partial charge in [-0.1, -0.05) is 11.6 Å². The molecule has 0 spiro atoms. The van der Waals surface area contributed by atoms with E-state index in [4.69, 9.17) is 21.6 Å². The number of likely N-dealkylation sites (tertiary alicyclic amines) is 1. The molecule has 1 saturated heterocycles. The van der Waals surface area contributed by atoms with Gasteiger partial charge in [-0.15, -0.1) is 0 Å². The molecule has 1 aromatic rings. The van der Waals surface area contributed by atoms with Gasteiger partial charge in [0.2, 0.25) is 0 Å². The van der Waals surface area contributed by atoms with Crippen LogP contribution in [-0.2, 0) is 6.54 Å². The van der Waals surface area contributed by atoms with Crippen LogP contribution in [0.1, 0.15) is 18.4 Å². The third-order valence-corrected chi connectivity index (χ3v) is 3.36. The Morgan fingerprint density at radius 2 is 2.41 bits per heavy atom. The topological polar surface area (TPSA) is 36.3 Å². The summed E-state index contributed by atoms with van der Waals surface area (Å²) in [6, 6.07) is 7.96. The van der Waals surface area contributed by atoms with Gasteiger partial charge in [0.25, 0.3) is 0 Å². The second-order valence-corrected chi connectivity index (χ2v) is 4.65. The molecule has 90 valence electrons. The number of hydrogen-bond donors (Lipinski definition) is 0. The minimum atomic E-state index is 0.0266. The van der Waals surface area contributed by atoms with Crippen LogP contribution in [-0.4, -0.2) is 24.6 Å². The lowest BCUT2D eigenvalue weighted by Crippen LogP contribution is -2.27. The van der Waals surface area contributed by atoms with Crippen LogP contribution in [0.2, 0.25) is 5.02 Å². The van der Waals surface area contributed by atoms with Gasteiger partial charge in [0, 0.05) is 17.1 Å². The predicted octanol–water partition coefficient (Wildman–Crippen LogP) is 2.84. The minimum absolute atomic E-state index is 0.0266. The van der Waals surface area contributed by atoms with Crippen LogP contribution < -0.4 is 4.74 Å². The summed E-state index contributed by atoms with van der Waals surface area (Å²) >= 11 is 5.99. The molecule has 0 saturated carbocycles. The van der Waals surface area contributed by atoms with Crippen molar-refractivity contribution in [3.8, 4) is 11.8 Å². The molecule has 1 fully saturated rings. The average molecular weight is 251 g/mol. The van der Waals surface area contributed by atoms with E-state index in [0.29, 0.717) is 5.02 Å². The van der Waals surface area contributed by atoms with E-state index in [9.17, 15) is 0 Å². The van der Waals surface area contributed by atoms with Crippen LogP contribution in [0.15, 0.2) is 18.2 Å². The molecule has 0 aliphatic carbocycles. The highest BCUT2D eigenvalue weighted by Gasteiger charge is 2.24.